The van der Waals surface area contributed by atoms with Crippen LogP contribution in [0.2, 0.25) is 0 Å². The minimum Gasteiger partial charge on any atom is -0.481 e. The molecule has 1 aliphatic heterocycles. The van der Waals surface area contributed by atoms with Crippen LogP contribution < -0.4 is 4.90 Å². The third-order valence-electron chi connectivity index (χ3n) is 8.24. The van der Waals surface area contributed by atoms with Crippen LogP contribution in [0.5, 0.6) is 0 Å². The maximum atomic E-state index is 11.4. The van der Waals surface area contributed by atoms with Gasteiger partial charge in [-0.1, -0.05) is 27.7 Å². The molecule has 0 amide bonds. The summed E-state index contributed by atoms with van der Waals surface area (Å²) in [4.78, 5) is 18.6. The summed E-state index contributed by atoms with van der Waals surface area (Å²) < 4.78 is 0. The third-order valence-corrected chi connectivity index (χ3v) is 9.16. The highest BCUT2D eigenvalue weighted by molar-refractivity contribution is 7.13. The Morgan fingerprint density at radius 2 is 1.86 bits per heavy atom. The number of aromatic nitrogens is 1. The number of nitrogens with zero attached hydrogens (tertiary/aromatic N) is 2. The summed E-state index contributed by atoms with van der Waals surface area (Å²) in [5.74, 6) is 1.28. The van der Waals surface area contributed by atoms with Gasteiger partial charge in [0.05, 0.1) is 11.6 Å². The van der Waals surface area contributed by atoms with Crippen LogP contribution in [0.15, 0.2) is 5.38 Å². The maximum absolute atomic E-state index is 11.4. The van der Waals surface area contributed by atoms with E-state index in [9.17, 15) is 9.90 Å². The summed E-state index contributed by atoms with van der Waals surface area (Å²) in [6, 6.07) is 0. The van der Waals surface area contributed by atoms with Gasteiger partial charge in [-0.25, -0.2) is 4.98 Å². The van der Waals surface area contributed by atoms with Crippen molar-refractivity contribution < 1.29 is 9.90 Å². The number of aliphatic carboxylic acids is 1. The lowest BCUT2D eigenvalue weighted by Crippen LogP contribution is -2.46. The average molecular weight is 405 g/mol. The topological polar surface area (TPSA) is 53.4 Å². The van der Waals surface area contributed by atoms with Crippen LogP contribution in [0.1, 0.15) is 84.3 Å². The predicted octanol–water partition coefficient (Wildman–Crippen LogP) is 5.79. The molecule has 4 unspecified atom stereocenters. The molecule has 0 spiro atoms. The van der Waals surface area contributed by atoms with E-state index >= 15 is 0 Å². The summed E-state index contributed by atoms with van der Waals surface area (Å²) in [6.45, 7) is 11.5. The quantitative estimate of drug-likeness (QED) is 0.693. The van der Waals surface area contributed by atoms with Crippen molar-refractivity contribution in [1.29, 1.82) is 0 Å². The molecule has 156 valence electrons. The van der Waals surface area contributed by atoms with Crippen molar-refractivity contribution in [3.05, 3.63) is 11.1 Å². The van der Waals surface area contributed by atoms with E-state index in [0.717, 1.165) is 36.4 Å². The number of carboxylic acids is 1. The van der Waals surface area contributed by atoms with Crippen LogP contribution in [0, 0.1) is 28.6 Å². The first-order valence-corrected chi connectivity index (χ1v) is 12.0. The van der Waals surface area contributed by atoms with E-state index in [0.29, 0.717) is 23.3 Å². The van der Waals surface area contributed by atoms with Gasteiger partial charge in [0.1, 0.15) is 0 Å². The molecule has 4 rings (SSSR count). The molecular formula is C23H36N2O2S. The molecule has 4 nitrogen and oxygen atoms in total. The highest BCUT2D eigenvalue weighted by Crippen LogP contribution is 2.59. The monoisotopic (exact) mass is 404 g/mol. The van der Waals surface area contributed by atoms with Crippen molar-refractivity contribution in [3.63, 3.8) is 0 Å². The minimum atomic E-state index is -0.665. The van der Waals surface area contributed by atoms with Gasteiger partial charge in [0.25, 0.3) is 0 Å². The molecule has 2 heterocycles. The molecule has 0 aromatic carbocycles. The first kappa shape index (κ1) is 20.2. The summed E-state index contributed by atoms with van der Waals surface area (Å²) in [6.07, 6.45) is 8.27. The summed E-state index contributed by atoms with van der Waals surface area (Å²) >= 11 is 1.71. The number of anilines is 1. The van der Waals surface area contributed by atoms with E-state index in [1.807, 2.05) is 0 Å². The molecule has 4 atom stereocenters. The zero-order chi connectivity index (χ0) is 20.1. The average Bonchev–Trinajstić information content (AvgIpc) is 3.16. The van der Waals surface area contributed by atoms with Gasteiger partial charge < -0.3 is 10.0 Å². The van der Waals surface area contributed by atoms with E-state index in [1.54, 1.807) is 11.3 Å². The van der Waals surface area contributed by atoms with Crippen LogP contribution >= 0.6 is 11.3 Å². The highest BCUT2D eigenvalue weighted by Gasteiger charge is 2.50. The molecule has 0 bridgehead atoms. The van der Waals surface area contributed by atoms with Gasteiger partial charge >= 0.3 is 5.97 Å². The Balaban J connectivity index is 1.48. The Hall–Kier alpha value is -1.10. The Morgan fingerprint density at radius 3 is 2.57 bits per heavy atom. The third kappa shape index (κ3) is 3.71. The van der Waals surface area contributed by atoms with Crippen molar-refractivity contribution >= 4 is 22.4 Å². The van der Waals surface area contributed by atoms with Gasteiger partial charge in [-0.05, 0) is 67.6 Å². The highest BCUT2D eigenvalue weighted by atomic mass is 32.1. The van der Waals surface area contributed by atoms with Crippen LogP contribution in [-0.4, -0.2) is 29.1 Å². The van der Waals surface area contributed by atoms with E-state index < -0.39 is 5.97 Å². The lowest BCUT2D eigenvalue weighted by molar-refractivity contribution is -0.141. The number of hydrogen-bond acceptors (Lipinski definition) is 4. The molecule has 2 saturated carbocycles. The van der Waals surface area contributed by atoms with E-state index in [1.165, 1.54) is 37.8 Å². The molecule has 28 heavy (non-hydrogen) atoms. The Labute approximate surface area is 173 Å². The van der Waals surface area contributed by atoms with Gasteiger partial charge in [-0.2, -0.15) is 0 Å². The van der Waals surface area contributed by atoms with Crippen LogP contribution in [-0.2, 0) is 4.79 Å². The Kier molecular flexibility index (Phi) is 5.26. The first-order chi connectivity index (χ1) is 13.2. The minimum absolute atomic E-state index is 0.248. The van der Waals surface area contributed by atoms with Crippen molar-refractivity contribution in [2.24, 2.45) is 28.6 Å². The van der Waals surface area contributed by atoms with Gasteiger partial charge in [0.2, 0.25) is 0 Å². The molecule has 2 aliphatic carbocycles. The normalized spacial score (nSPS) is 34.6. The largest absolute Gasteiger partial charge is 0.481 e. The Bertz CT molecular complexity index is 726. The van der Waals surface area contributed by atoms with Crippen LogP contribution in [0.4, 0.5) is 5.13 Å². The van der Waals surface area contributed by atoms with Crippen molar-refractivity contribution in [2.75, 3.05) is 18.0 Å². The zero-order valence-corrected chi connectivity index (χ0v) is 18.7. The molecule has 1 aromatic heterocycles. The number of thiazole rings is 1. The van der Waals surface area contributed by atoms with Gasteiger partial charge in [-0.15, -0.1) is 11.3 Å². The lowest BCUT2D eigenvalue weighted by atomic mass is 9.49. The fourth-order valence-corrected chi connectivity index (χ4v) is 7.16. The maximum Gasteiger partial charge on any atom is 0.308 e. The predicted molar refractivity (Wildman–Crippen MR) is 115 cm³/mol. The fraction of sp³-hybridized carbons (Fsp3) is 0.826. The molecule has 0 radical (unpaired) electrons. The molecule has 1 saturated heterocycles. The molecule has 3 fully saturated rings. The van der Waals surface area contributed by atoms with E-state index in [-0.39, 0.29) is 5.92 Å². The van der Waals surface area contributed by atoms with Crippen LogP contribution in [0.25, 0.3) is 0 Å². The number of piperidine rings is 1. The second kappa shape index (κ2) is 7.30. The number of fused-ring (bicyclic) bond motifs is 1. The van der Waals surface area contributed by atoms with Crippen molar-refractivity contribution in [1.82, 2.24) is 4.98 Å². The van der Waals surface area contributed by atoms with Crippen molar-refractivity contribution in [2.45, 2.75) is 78.6 Å². The summed E-state index contributed by atoms with van der Waals surface area (Å²) in [5.41, 5.74) is 2.16. The molecule has 5 heteroatoms. The van der Waals surface area contributed by atoms with Gasteiger partial charge in [-0.3, -0.25) is 4.79 Å². The second-order valence-corrected chi connectivity index (χ2v) is 11.7. The number of carbonyl (C=O) groups is 1. The van der Waals surface area contributed by atoms with E-state index in [4.69, 9.17) is 4.98 Å². The standard InChI is InChI=1S/C23H36N2O2S/c1-22(2)9-10-23(3,4)18-12-15(7-8-17(18)22)19-14-28-21(24-19)25-11-5-6-16(13-25)20(26)27/h14-18H,5-13H2,1-4H3,(H,26,27). The second-order valence-electron chi connectivity index (χ2n) is 10.9. The Morgan fingerprint density at radius 1 is 1.14 bits per heavy atom. The fourth-order valence-electron chi connectivity index (χ4n) is 6.21. The van der Waals surface area contributed by atoms with E-state index in [2.05, 4.69) is 38.0 Å². The summed E-state index contributed by atoms with van der Waals surface area (Å²) in [5, 5.41) is 12.7. The SMILES string of the molecule is CC1(C)CCC(C)(C)C2CC(c3csc(N4CCCC(C(=O)O)C4)n3)CCC21. The smallest absolute Gasteiger partial charge is 0.308 e. The van der Waals surface area contributed by atoms with Crippen LogP contribution in [0.3, 0.4) is 0 Å². The molecule has 3 aliphatic rings. The molecule has 1 N–H and O–H groups in total. The van der Waals surface area contributed by atoms with Gasteiger partial charge in [0, 0.05) is 24.4 Å². The number of hydrogen-bond donors (Lipinski definition) is 1. The molecular weight excluding hydrogens is 368 g/mol. The molecule has 1 aromatic rings. The number of carboxylic acid groups (broad SMARTS) is 1. The zero-order valence-electron chi connectivity index (χ0n) is 17.9. The van der Waals surface area contributed by atoms with Crippen molar-refractivity contribution in [3.8, 4) is 0 Å². The number of rotatable bonds is 3. The lowest BCUT2D eigenvalue weighted by Gasteiger charge is -2.55. The van der Waals surface area contributed by atoms with Gasteiger partial charge in [0.15, 0.2) is 5.13 Å². The first-order valence-electron chi connectivity index (χ1n) is 11.1. The summed E-state index contributed by atoms with van der Waals surface area (Å²) in [7, 11) is 0.